The molecule has 0 aliphatic carbocycles. The van der Waals surface area contributed by atoms with Crippen LogP contribution in [0, 0.1) is 0 Å². The number of ether oxygens (including phenoxy) is 1. The highest BCUT2D eigenvalue weighted by Gasteiger charge is 2.20. The number of nitrogens with zero attached hydrogens (tertiary/aromatic N) is 1. The molecule has 0 spiro atoms. The van der Waals surface area contributed by atoms with Crippen LogP contribution < -0.4 is 0 Å². The second-order valence-electron chi connectivity index (χ2n) is 2.95. The molecule has 0 N–H and O–H groups in total. The van der Waals surface area contributed by atoms with E-state index in [9.17, 15) is 17.3 Å². The van der Waals surface area contributed by atoms with Crippen LogP contribution in [0.1, 0.15) is 13.8 Å². The molecule has 0 bridgehead atoms. The average Bonchev–Trinajstić information content (AvgIpc) is 2.16. The van der Waals surface area contributed by atoms with Crippen molar-refractivity contribution in [3.63, 3.8) is 0 Å². The normalized spacial score (nSPS) is 16.6. The van der Waals surface area contributed by atoms with Gasteiger partial charge in [-0.1, -0.05) is 0 Å². The Balaban J connectivity index is 0.000000385. The highest BCUT2D eigenvalue weighted by molar-refractivity contribution is 8.00. The number of halogens is 4. The van der Waals surface area contributed by atoms with Crippen LogP contribution >= 0.6 is 11.8 Å². The summed E-state index contributed by atoms with van der Waals surface area (Å²) in [7, 11) is -6.00. The third kappa shape index (κ3) is 8.88. The van der Waals surface area contributed by atoms with E-state index in [1.54, 1.807) is 0 Å². The van der Waals surface area contributed by atoms with Crippen molar-refractivity contribution < 1.29 is 26.6 Å². The summed E-state index contributed by atoms with van der Waals surface area (Å²) in [6, 6.07) is 0. The molecular formula is C8H16BF4NOS. The zero-order valence-electron chi connectivity index (χ0n) is 9.39. The third-order valence-corrected chi connectivity index (χ3v) is 2.70. The van der Waals surface area contributed by atoms with E-state index in [0.717, 1.165) is 25.4 Å². The molecule has 0 saturated carbocycles. The maximum absolute atomic E-state index is 9.75. The number of hydrogen-bond donors (Lipinski definition) is 0. The molecule has 0 atom stereocenters. The van der Waals surface area contributed by atoms with E-state index in [-0.39, 0.29) is 0 Å². The van der Waals surface area contributed by atoms with Gasteiger partial charge < -0.3 is 22.0 Å². The van der Waals surface area contributed by atoms with Crippen LogP contribution in [-0.4, -0.2) is 48.9 Å². The van der Waals surface area contributed by atoms with Crippen molar-refractivity contribution in [1.82, 2.24) is 0 Å². The predicted octanol–water partition coefficient (Wildman–Crippen LogP) is 2.50. The van der Waals surface area contributed by atoms with Gasteiger partial charge in [0, 0.05) is 0 Å². The summed E-state index contributed by atoms with van der Waals surface area (Å²) in [5.74, 6) is 3.47. The molecule has 16 heavy (non-hydrogen) atoms. The first-order valence-corrected chi connectivity index (χ1v) is 6.22. The summed E-state index contributed by atoms with van der Waals surface area (Å²) in [6.45, 7) is 7.24. The Morgan fingerprint density at radius 1 is 1.31 bits per heavy atom. The van der Waals surface area contributed by atoms with Crippen molar-refractivity contribution in [2.24, 2.45) is 0 Å². The van der Waals surface area contributed by atoms with E-state index in [0.29, 0.717) is 0 Å². The van der Waals surface area contributed by atoms with Crippen LogP contribution in [0.2, 0.25) is 0 Å². The maximum atomic E-state index is 9.75. The zero-order valence-corrected chi connectivity index (χ0v) is 10.2. The van der Waals surface area contributed by atoms with Crippen molar-refractivity contribution >= 4 is 24.9 Å². The van der Waals surface area contributed by atoms with Gasteiger partial charge in [0.15, 0.2) is 6.54 Å². The molecule has 0 saturated heterocycles. The molecule has 1 rings (SSSR count). The summed E-state index contributed by atoms with van der Waals surface area (Å²) in [4.78, 5) is 0. The molecule has 0 aromatic heterocycles. The molecule has 0 aromatic rings. The Hall–Kier alpha value is -0.395. The first-order chi connectivity index (χ1) is 7.38. The van der Waals surface area contributed by atoms with Gasteiger partial charge in [0.05, 0.1) is 12.4 Å². The summed E-state index contributed by atoms with van der Waals surface area (Å²) in [5.41, 5.74) is 0. The Bertz CT molecular complexity index is 229. The highest BCUT2D eigenvalue weighted by atomic mass is 32.2. The van der Waals surface area contributed by atoms with Crippen LogP contribution in [0.15, 0.2) is 0 Å². The van der Waals surface area contributed by atoms with Crippen LogP contribution in [0.5, 0.6) is 0 Å². The van der Waals surface area contributed by atoms with Gasteiger partial charge >= 0.3 is 13.2 Å². The van der Waals surface area contributed by atoms with E-state index in [2.05, 4.69) is 11.5 Å². The lowest BCUT2D eigenvalue weighted by Crippen LogP contribution is -2.31. The summed E-state index contributed by atoms with van der Waals surface area (Å²) >= 11 is 1.96. The Kier molecular flexibility index (Phi) is 7.62. The maximum Gasteiger partial charge on any atom is 0.673 e. The quantitative estimate of drug-likeness (QED) is 0.430. The second kappa shape index (κ2) is 7.81. The van der Waals surface area contributed by atoms with E-state index in [1.165, 1.54) is 11.7 Å². The summed E-state index contributed by atoms with van der Waals surface area (Å²) in [5, 5.41) is 0. The zero-order chi connectivity index (χ0) is 12.6. The fourth-order valence-corrected chi connectivity index (χ4v) is 2.12. The molecule has 0 unspecified atom stereocenters. The van der Waals surface area contributed by atoms with Crippen molar-refractivity contribution in [1.29, 1.82) is 0 Å². The predicted molar refractivity (Wildman–Crippen MR) is 59.8 cm³/mol. The van der Waals surface area contributed by atoms with E-state index in [1.807, 2.05) is 18.7 Å². The van der Waals surface area contributed by atoms with Gasteiger partial charge in [0.25, 0.3) is 0 Å². The van der Waals surface area contributed by atoms with E-state index >= 15 is 0 Å². The van der Waals surface area contributed by atoms with Crippen molar-refractivity contribution in [3.05, 3.63) is 0 Å². The van der Waals surface area contributed by atoms with Gasteiger partial charge in [-0.15, -0.1) is 11.8 Å². The molecule has 2 nitrogen and oxygen atoms in total. The first-order valence-electron chi connectivity index (χ1n) is 5.07. The molecule has 8 heteroatoms. The van der Waals surface area contributed by atoms with Crippen LogP contribution in [0.4, 0.5) is 17.3 Å². The molecule has 0 fully saturated rings. The van der Waals surface area contributed by atoms with E-state index in [4.69, 9.17) is 4.74 Å². The number of rotatable bonds is 2. The summed E-state index contributed by atoms with van der Waals surface area (Å²) < 4.78 is 46.8. The van der Waals surface area contributed by atoms with Gasteiger partial charge in [-0.25, -0.2) is 4.58 Å². The van der Waals surface area contributed by atoms with Crippen LogP contribution in [0.25, 0.3) is 0 Å². The SMILES string of the molecule is CCOC1=[N+](CC)CCSC1.F[B-](F)(F)F. The largest absolute Gasteiger partial charge is 0.673 e. The topological polar surface area (TPSA) is 12.2 Å². The van der Waals surface area contributed by atoms with Gasteiger partial charge in [0.2, 0.25) is 0 Å². The van der Waals surface area contributed by atoms with Crippen molar-refractivity contribution in [2.75, 3.05) is 31.2 Å². The van der Waals surface area contributed by atoms with Crippen LogP contribution in [0.3, 0.4) is 0 Å². The summed E-state index contributed by atoms with van der Waals surface area (Å²) in [6.07, 6.45) is 0. The molecule has 1 heterocycles. The molecular weight excluding hydrogens is 245 g/mol. The highest BCUT2D eigenvalue weighted by Crippen LogP contribution is 2.07. The van der Waals surface area contributed by atoms with E-state index < -0.39 is 7.25 Å². The Morgan fingerprint density at radius 3 is 2.31 bits per heavy atom. The molecule has 1 aliphatic heterocycles. The smallest absolute Gasteiger partial charge is 0.448 e. The molecule has 1 aliphatic rings. The minimum Gasteiger partial charge on any atom is -0.448 e. The molecule has 0 aromatic carbocycles. The van der Waals surface area contributed by atoms with Crippen molar-refractivity contribution in [2.45, 2.75) is 13.8 Å². The Morgan fingerprint density at radius 2 is 1.88 bits per heavy atom. The lowest BCUT2D eigenvalue weighted by Gasteiger charge is -2.12. The first kappa shape index (κ1) is 15.6. The second-order valence-corrected chi connectivity index (χ2v) is 4.06. The number of thioether (sulfide) groups is 1. The molecule has 96 valence electrons. The minimum atomic E-state index is -6.00. The van der Waals surface area contributed by atoms with Gasteiger partial charge in [0.1, 0.15) is 12.3 Å². The fraction of sp³-hybridized carbons (Fsp3) is 0.875. The Labute approximate surface area is 97.2 Å². The molecule has 0 radical (unpaired) electrons. The lowest BCUT2D eigenvalue weighted by molar-refractivity contribution is -0.529. The van der Waals surface area contributed by atoms with Crippen molar-refractivity contribution in [3.8, 4) is 0 Å². The van der Waals surface area contributed by atoms with Crippen LogP contribution in [-0.2, 0) is 4.74 Å². The number of hydrogen-bond acceptors (Lipinski definition) is 2. The molecule has 0 amide bonds. The third-order valence-electron chi connectivity index (χ3n) is 1.78. The lowest BCUT2D eigenvalue weighted by atomic mass is 10.3. The monoisotopic (exact) mass is 261 g/mol. The fourth-order valence-electron chi connectivity index (χ4n) is 1.18. The van der Waals surface area contributed by atoms with Gasteiger partial charge in [-0.05, 0) is 13.8 Å². The van der Waals surface area contributed by atoms with Gasteiger partial charge in [-0.2, -0.15) is 0 Å². The minimum absolute atomic E-state index is 0.798. The standard InChI is InChI=1S/C8H16NOS.BF4/c1-3-9-5-6-11-7-8(9)10-4-2;2-1(3,4)5/h3-7H2,1-2H3;/q+1;-1. The average molecular weight is 261 g/mol. The van der Waals surface area contributed by atoms with Gasteiger partial charge in [-0.3, -0.25) is 0 Å².